The van der Waals surface area contributed by atoms with Gasteiger partial charge in [0.25, 0.3) is 11.8 Å². The van der Waals surface area contributed by atoms with Gasteiger partial charge in [-0.25, -0.2) is 9.78 Å². The zero-order chi connectivity index (χ0) is 24.9. The largest absolute Gasteiger partial charge is 0.451 e. The van der Waals surface area contributed by atoms with Gasteiger partial charge in [-0.3, -0.25) is 9.59 Å². The Balaban J connectivity index is 2.03. The predicted molar refractivity (Wildman–Crippen MR) is 130 cm³/mol. The van der Waals surface area contributed by atoms with Crippen LogP contribution in [0.2, 0.25) is 10.0 Å². The van der Waals surface area contributed by atoms with Gasteiger partial charge in [0.15, 0.2) is 11.9 Å². The van der Waals surface area contributed by atoms with Crippen LogP contribution >= 0.6 is 23.2 Å². The summed E-state index contributed by atoms with van der Waals surface area (Å²) in [7, 11) is 0. The molecule has 0 saturated carbocycles. The Bertz CT molecular complexity index is 1020. The minimum Gasteiger partial charge on any atom is -0.451 e. The van der Waals surface area contributed by atoms with Crippen molar-refractivity contribution >= 4 is 46.8 Å². The third-order valence-corrected chi connectivity index (χ3v) is 5.43. The molecule has 0 saturated heterocycles. The number of esters is 1. The molecule has 0 fully saturated rings. The Morgan fingerprint density at radius 1 is 1.03 bits per heavy atom. The molecule has 2 N–H and O–H groups in total. The second-order valence-corrected chi connectivity index (χ2v) is 9.92. The number of hydrogen-bond acceptors (Lipinski definition) is 5. The van der Waals surface area contributed by atoms with E-state index in [0.717, 1.165) is 5.56 Å². The van der Waals surface area contributed by atoms with Gasteiger partial charge in [-0.1, -0.05) is 70.0 Å². The van der Waals surface area contributed by atoms with Gasteiger partial charge in [0, 0.05) is 11.8 Å². The summed E-state index contributed by atoms with van der Waals surface area (Å²) in [6.45, 7) is 11.2. The van der Waals surface area contributed by atoms with Crippen molar-refractivity contribution in [2.45, 2.75) is 59.1 Å². The van der Waals surface area contributed by atoms with Gasteiger partial charge in [0.1, 0.15) is 6.04 Å². The number of aromatic nitrogens is 1. The lowest BCUT2D eigenvalue weighted by Gasteiger charge is -2.23. The van der Waals surface area contributed by atoms with Crippen molar-refractivity contribution in [3.8, 4) is 0 Å². The maximum atomic E-state index is 12.7. The number of nitrogens with one attached hydrogen (secondary N) is 2. The third kappa shape index (κ3) is 7.44. The van der Waals surface area contributed by atoms with Crippen LogP contribution in [0.4, 0.5) is 5.82 Å². The molecule has 9 heteroatoms. The van der Waals surface area contributed by atoms with Crippen molar-refractivity contribution in [3.63, 3.8) is 0 Å². The Labute approximate surface area is 204 Å². The number of carbonyl (C=O) groups excluding carboxylic acids is 3. The zero-order valence-electron chi connectivity index (χ0n) is 19.5. The number of benzene rings is 1. The fraction of sp³-hybridized carbons (Fsp3) is 0.417. The van der Waals surface area contributed by atoms with E-state index in [2.05, 4.69) is 36.4 Å². The molecule has 2 atom stereocenters. The molecule has 178 valence electrons. The summed E-state index contributed by atoms with van der Waals surface area (Å²) in [5, 5.41) is 5.67. The smallest absolute Gasteiger partial charge is 0.329 e. The first-order chi connectivity index (χ1) is 15.3. The lowest BCUT2D eigenvalue weighted by atomic mass is 9.86. The second-order valence-electron chi connectivity index (χ2n) is 9.07. The summed E-state index contributed by atoms with van der Waals surface area (Å²) in [6, 6.07) is 7.71. The zero-order valence-corrected chi connectivity index (χ0v) is 21.0. The Morgan fingerprint density at radius 2 is 1.64 bits per heavy atom. The summed E-state index contributed by atoms with van der Waals surface area (Å²) in [5.74, 6) is -1.91. The maximum absolute atomic E-state index is 12.7. The van der Waals surface area contributed by atoms with Crippen molar-refractivity contribution < 1.29 is 19.1 Å². The van der Waals surface area contributed by atoms with Gasteiger partial charge in [-0.05, 0) is 42.0 Å². The quantitative estimate of drug-likeness (QED) is 0.528. The van der Waals surface area contributed by atoms with E-state index in [1.165, 1.54) is 19.2 Å². The van der Waals surface area contributed by atoms with Crippen LogP contribution in [0.3, 0.4) is 0 Å². The summed E-state index contributed by atoms with van der Waals surface area (Å²) in [6.07, 6.45) is 0.188. The maximum Gasteiger partial charge on any atom is 0.329 e. The molecule has 1 aromatic carbocycles. The number of rotatable bonds is 7. The van der Waals surface area contributed by atoms with Crippen LogP contribution < -0.4 is 10.6 Å². The van der Waals surface area contributed by atoms with Crippen LogP contribution in [-0.4, -0.2) is 34.9 Å². The number of ether oxygens (including phenoxy) is 1. The summed E-state index contributed by atoms with van der Waals surface area (Å²) >= 11 is 11.8. The topological polar surface area (TPSA) is 97.4 Å². The van der Waals surface area contributed by atoms with E-state index >= 15 is 0 Å². The molecule has 0 radical (unpaired) electrons. The SMILES string of the molecule is CC(OC(=O)C(NC(=O)c1ccc(C(C)(C)C)cc1)C(C)C)C(=O)Nc1ncc(Cl)cc1Cl. The highest BCUT2D eigenvalue weighted by atomic mass is 35.5. The fourth-order valence-electron chi connectivity index (χ4n) is 2.87. The summed E-state index contributed by atoms with van der Waals surface area (Å²) in [5.41, 5.74) is 1.48. The van der Waals surface area contributed by atoms with E-state index in [0.29, 0.717) is 10.6 Å². The highest BCUT2D eigenvalue weighted by Crippen LogP contribution is 2.23. The van der Waals surface area contributed by atoms with E-state index < -0.39 is 29.9 Å². The molecule has 0 aliphatic carbocycles. The number of nitrogens with zero attached hydrogens (tertiary/aromatic N) is 1. The van der Waals surface area contributed by atoms with Gasteiger partial charge < -0.3 is 15.4 Å². The molecule has 0 bridgehead atoms. The molecule has 2 unspecified atom stereocenters. The average molecular weight is 494 g/mol. The lowest BCUT2D eigenvalue weighted by molar-refractivity contribution is -0.156. The molecular formula is C24H29Cl2N3O4. The molecule has 7 nitrogen and oxygen atoms in total. The van der Waals surface area contributed by atoms with Crippen molar-refractivity contribution in [2.24, 2.45) is 5.92 Å². The highest BCUT2D eigenvalue weighted by molar-refractivity contribution is 6.36. The first-order valence-corrected chi connectivity index (χ1v) is 11.3. The van der Waals surface area contributed by atoms with Crippen LogP contribution in [0.1, 0.15) is 57.5 Å². The summed E-state index contributed by atoms with van der Waals surface area (Å²) in [4.78, 5) is 41.8. The van der Waals surface area contributed by atoms with Gasteiger partial charge in [-0.2, -0.15) is 0 Å². The normalized spacial score (nSPS) is 13.2. The minimum atomic E-state index is -1.14. The van der Waals surface area contributed by atoms with Crippen LogP contribution in [0, 0.1) is 5.92 Å². The standard InChI is InChI=1S/C24H29Cl2N3O4/c1-13(2)19(28-22(31)15-7-9-16(10-8-15)24(4,5)6)23(32)33-14(3)21(30)29-20-18(26)11-17(25)12-27-20/h7-14,19H,1-6H3,(H,28,31)(H,27,29,30). The Hall–Kier alpha value is -2.64. The van der Waals surface area contributed by atoms with Crippen molar-refractivity contribution in [1.82, 2.24) is 10.3 Å². The average Bonchev–Trinajstić information content (AvgIpc) is 2.72. The third-order valence-electron chi connectivity index (χ3n) is 4.93. The fourth-order valence-corrected chi connectivity index (χ4v) is 3.30. The number of carbonyl (C=O) groups is 3. The molecule has 33 heavy (non-hydrogen) atoms. The molecule has 0 spiro atoms. The van der Waals surface area contributed by atoms with Gasteiger partial charge in [0.2, 0.25) is 0 Å². The Morgan fingerprint density at radius 3 is 2.15 bits per heavy atom. The molecule has 1 aromatic heterocycles. The van der Waals surface area contributed by atoms with Crippen LogP contribution in [-0.2, 0) is 19.7 Å². The number of halogens is 2. The number of amides is 2. The first kappa shape index (κ1) is 26.6. The second kappa shape index (κ2) is 11.0. The van der Waals surface area contributed by atoms with Crippen LogP contribution in [0.15, 0.2) is 36.5 Å². The monoisotopic (exact) mass is 493 g/mol. The van der Waals surface area contributed by atoms with Crippen LogP contribution in [0.5, 0.6) is 0 Å². The highest BCUT2D eigenvalue weighted by Gasteiger charge is 2.29. The van der Waals surface area contributed by atoms with E-state index in [4.69, 9.17) is 27.9 Å². The van der Waals surface area contributed by atoms with Gasteiger partial charge in [-0.15, -0.1) is 0 Å². The number of anilines is 1. The van der Waals surface area contributed by atoms with E-state index in [1.807, 2.05) is 12.1 Å². The van der Waals surface area contributed by atoms with E-state index in [9.17, 15) is 14.4 Å². The minimum absolute atomic E-state index is 0.0399. The van der Waals surface area contributed by atoms with Gasteiger partial charge >= 0.3 is 5.97 Å². The van der Waals surface area contributed by atoms with Crippen molar-refractivity contribution in [1.29, 1.82) is 0 Å². The molecule has 2 rings (SSSR count). The molecular weight excluding hydrogens is 465 g/mol. The number of pyridine rings is 1. The van der Waals surface area contributed by atoms with Crippen molar-refractivity contribution in [3.05, 3.63) is 57.7 Å². The molecule has 1 heterocycles. The van der Waals surface area contributed by atoms with Crippen LogP contribution in [0.25, 0.3) is 0 Å². The van der Waals surface area contributed by atoms with E-state index in [1.54, 1.807) is 26.0 Å². The molecule has 2 amide bonds. The summed E-state index contributed by atoms with van der Waals surface area (Å²) < 4.78 is 5.31. The predicted octanol–water partition coefficient (Wildman–Crippen LogP) is 5.01. The molecule has 2 aromatic rings. The number of hydrogen-bond donors (Lipinski definition) is 2. The Kier molecular flexibility index (Phi) is 8.86. The molecule has 0 aliphatic rings. The van der Waals surface area contributed by atoms with Gasteiger partial charge in [0.05, 0.1) is 10.0 Å². The van der Waals surface area contributed by atoms with Crippen molar-refractivity contribution in [2.75, 3.05) is 5.32 Å². The molecule has 0 aliphatic heterocycles. The van der Waals surface area contributed by atoms with E-state index in [-0.39, 0.29) is 22.2 Å². The first-order valence-electron chi connectivity index (χ1n) is 10.5. The lowest BCUT2D eigenvalue weighted by Crippen LogP contribution is -2.47.